The van der Waals surface area contributed by atoms with E-state index in [9.17, 15) is 18.0 Å². The number of aromatic nitrogens is 1. The van der Waals surface area contributed by atoms with E-state index in [0.717, 1.165) is 31.8 Å². The number of rotatable bonds is 4. The summed E-state index contributed by atoms with van der Waals surface area (Å²) in [6.45, 7) is 6.15. The van der Waals surface area contributed by atoms with Gasteiger partial charge in [0.2, 0.25) is 0 Å². The number of carbonyl (C=O) groups excluding carboxylic acids is 1. The molecular formula is C19H21F3N4O. The van der Waals surface area contributed by atoms with E-state index in [0.29, 0.717) is 30.2 Å². The van der Waals surface area contributed by atoms with Crippen LogP contribution < -0.4 is 5.32 Å². The van der Waals surface area contributed by atoms with E-state index < -0.39 is 11.7 Å². The molecule has 144 valence electrons. The Balaban J connectivity index is 1.61. The molecule has 2 aromatic rings. The molecule has 1 aliphatic rings. The summed E-state index contributed by atoms with van der Waals surface area (Å²) in [6.07, 6.45) is -2.85. The summed E-state index contributed by atoms with van der Waals surface area (Å²) in [5.74, 6) is -0.105. The van der Waals surface area contributed by atoms with E-state index in [1.54, 1.807) is 17.0 Å². The number of amides is 1. The van der Waals surface area contributed by atoms with Crippen LogP contribution in [0.25, 0.3) is 0 Å². The van der Waals surface area contributed by atoms with E-state index in [1.165, 1.54) is 18.3 Å². The predicted molar refractivity (Wildman–Crippen MR) is 97.0 cm³/mol. The van der Waals surface area contributed by atoms with E-state index in [2.05, 4.69) is 22.1 Å². The number of alkyl halides is 3. The van der Waals surface area contributed by atoms with Gasteiger partial charge in [-0.15, -0.1) is 0 Å². The fourth-order valence-electron chi connectivity index (χ4n) is 2.93. The summed E-state index contributed by atoms with van der Waals surface area (Å²) in [5.41, 5.74) is 0.773. The van der Waals surface area contributed by atoms with Crippen molar-refractivity contribution in [3.05, 3.63) is 53.9 Å². The highest BCUT2D eigenvalue weighted by atomic mass is 19.4. The lowest BCUT2D eigenvalue weighted by Gasteiger charge is -2.33. The van der Waals surface area contributed by atoms with Crippen LogP contribution in [0, 0.1) is 0 Å². The number of likely N-dealkylation sites (N-methyl/N-ethyl adjacent to an activating group) is 1. The van der Waals surface area contributed by atoms with Gasteiger partial charge in [0.25, 0.3) is 5.91 Å². The Bertz CT molecular complexity index is 767. The van der Waals surface area contributed by atoms with Crippen LogP contribution in [0.1, 0.15) is 23.0 Å². The maximum absolute atomic E-state index is 12.6. The van der Waals surface area contributed by atoms with Crippen LogP contribution in [0.4, 0.5) is 24.5 Å². The van der Waals surface area contributed by atoms with Gasteiger partial charge in [0.05, 0.1) is 17.4 Å². The molecular weight excluding hydrogens is 357 g/mol. The minimum Gasteiger partial charge on any atom is -0.354 e. The van der Waals surface area contributed by atoms with Gasteiger partial charge in [-0.25, -0.2) is 4.98 Å². The molecule has 0 unspecified atom stereocenters. The molecule has 1 N–H and O–H groups in total. The number of hydrogen-bond acceptors (Lipinski definition) is 4. The second kappa shape index (κ2) is 7.96. The monoisotopic (exact) mass is 378 g/mol. The predicted octanol–water partition coefficient (Wildman–Crippen LogP) is 3.62. The number of nitrogens with one attached hydrogen (secondary N) is 1. The molecule has 27 heavy (non-hydrogen) atoms. The van der Waals surface area contributed by atoms with E-state index in [-0.39, 0.29) is 5.91 Å². The maximum atomic E-state index is 12.6. The van der Waals surface area contributed by atoms with E-state index >= 15 is 0 Å². The quantitative estimate of drug-likeness (QED) is 0.883. The van der Waals surface area contributed by atoms with E-state index in [4.69, 9.17) is 0 Å². The molecule has 0 saturated carbocycles. The molecule has 0 bridgehead atoms. The van der Waals surface area contributed by atoms with Crippen LogP contribution >= 0.6 is 0 Å². The number of nitrogens with zero attached hydrogens (tertiary/aromatic N) is 3. The van der Waals surface area contributed by atoms with Gasteiger partial charge in [0, 0.05) is 31.9 Å². The second-order valence-electron chi connectivity index (χ2n) is 6.36. The molecule has 1 amide bonds. The van der Waals surface area contributed by atoms with Crippen molar-refractivity contribution in [2.24, 2.45) is 0 Å². The van der Waals surface area contributed by atoms with Crippen LogP contribution in [0.15, 0.2) is 42.6 Å². The molecule has 2 heterocycles. The molecule has 0 radical (unpaired) electrons. The van der Waals surface area contributed by atoms with Crippen LogP contribution in [0.2, 0.25) is 0 Å². The van der Waals surface area contributed by atoms with Gasteiger partial charge in [-0.1, -0.05) is 6.92 Å². The van der Waals surface area contributed by atoms with Crippen molar-refractivity contribution >= 4 is 17.3 Å². The van der Waals surface area contributed by atoms with Crippen molar-refractivity contribution < 1.29 is 18.0 Å². The Morgan fingerprint density at radius 2 is 1.67 bits per heavy atom. The van der Waals surface area contributed by atoms with Crippen molar-refractivity contribution in [1.82, 2.24) is 14.8 Å². The maximum Gasteiger partial charge on any atom is 0.416 e. The third-order valence-corrected chi connectivity index (χ3v) is 4.59. The molecule has 1 fully saturated rings. The SMILES string of the molecule is CCN1CCN(C(=O)c2ccc(Nc3ccc(C(F)(F)F)cc3)cn2)CC1. The van der Waals surface area contributed by atoms with Crippen molar-refractivity contribution in [2.45, 2.75) is 13.1 Å². The topological polar surface area (TPSA) is 48.5 Å². The Kier molecular flexibility index (Phi) is 5.65. The van der Waals surface area contributed by atoms with Gasteiger partial charge in [-0.2, -0.15) is 13.2 Å². The Morgan fingerprint density at radius 1 is 1.04 bits per heavy atom. The molecule has 3 rings (SSSR count). The third kappa shape index (κ3) is 4.77. The normalized spacial score (nSPS) is 15.6. The Labute approximate surface area is 155 Å². The van der Waals surface area contributed by atoms with Crippen LogP contribution in [-0.2, 0) is 6.18 Å². The van der Waals surface area contributed by atoms with Gasteiger partial charge in [-0.05, 0) is 42.9 Å². The fourth-order valence-corrected chi connectivity index (χ4v) is 2.93. The average Bonchev–Trinajstić information content (AvgIpc) is 2.68. The van der Waals surface area contributed by atoms with Gasteiger partial charge in [0.1, 0.15) is 5.69 Å². The lowest BCUT2D eigenvalue weighted by atomic mass is 10.2. The zero-order chi connectivity index (χ0) is 19.4. The molecule has 0 spiro atoms. The summed E-state index contributed by atoms with van der Waals surface area (Å²) in [6, 6.07) is 8.07. The first-order chi connectivity index (χ1) is 12.9. The Morgan fingerprint density at radius 3 is 2.19 bits per heavy atom. The molecule has 1 aromatic carbocycles. The van der Waals surface area contributed by atoms with Crippen molar-refractivity contribution in [2.75, 3.05) is 38.0 Å². The zero-order valence-corrected chi connectivity index (χ0v) is 15.0. The minimum absolute atomic E-state index is 0.105. The van der Waals surface area contributed by atoms with Crippen molar-refractivity contribution in [3.63, 3.8) is 0 Å². The van der Waals surface area contributed by atoms with Crippen LogP contribution in [0.3, 0.4) is 0 Å². The number of piperazine rings is 1. The molecule has 8 heteroatoms. The summed E-state index contributed by atoms with van der Waals surface area (Å²) in [5, 5.41) is 2.98. The third-order valence-electron chi connectivity index (χ3n) is 4.59. The van der Waals surface area contributed by atoms with Crippen LogP contribution in [-0.4, -0.2) is 53.4 Å². The number of benzene rings is 1. The smallest absolute Gasteiger partial charge is 0.354 e. The largest absolute Gasteiger partial charge is 0.416 e. The number of anilines is 2. The van der Waals surface area contributed by atoms with Crippen LogP contribution in [0.5, 0.6) is 0 Å². The van der Waals surface area contributed by atoms with Gasteiger partial charge in [-0.3, -0.25) is 4.79 Å². The molecule has 1 aliphatic heterocycles. The van der Waals surface area contributed by atoms with E-state index in [1.807, 2.05) is 0 Å². The fraction of sp³-hybridized carbons (Fsp3) is 0.368. The van der Waals surface area contributed by atoms with Gasteiger partial charge < -0.3 is 15.1 Å². The molecule has 0 aliphatic carbocycles. The standard InChI is InChI=1S/C19H21F3N4O/c1-2-25-9-11-26(12-10-25)18(27)17-8-7-16(13-23-17)24-15-5-3-14(4-6-15)19(20,21)22/h3-8,13,24H,2,9-12H2,1H3. The number of pyridine rings is 1. The highest BCUT2D eigenvalue weighted by Crippen LogP contribution is 2.30. The summed E-state index contributed by atoms with van der Waals surface area (Å²) < 4.78 is 37.8. The molecule has 0 atom stereocenters. The number of carbonyl (C=O) groups is 1. The zero-order valence-electron chi connectivity index (χ0n) is 15.0. The molecule has 1 saturated heterocycles. The summed E-state index contributed by atoms with van der Waals surface area (Å²) in [4.78, 5) is 20.8. The average molecular weight is 378 g/mol. The van der Waals surface area contributed by atoms with Gasteiger partial charge >= 0.3 is 6.18 Å². The number of hydrogen-bond donors (Lipinski definition) is 1. The first-order valence-corrected chi connectivity index (χ1v) is 8.79. The summed E-state index contributed by atoms with van der Waals surface area (Å²) >= 11 is 0. The summed E-state index contributed by atoms with van der Waals surface area (Å²) in [7, 11) is 0. The second-order valence-corrected chi connectivity index (χ2v) is 6.36. The lowest BCUT2D eigenvalue weighted by molar-refractivity contribution is -0.137. The number of halogens is 3. The minimum atomic E-state index is -4.36. The molecule has 1 aromatic heterocycles. The molecule has 5 nitrogen and oxygen atoms in total. The first-order valence-electron chi connectivity index (χ1n) is 8.79. The highest BCUT2D eigenvalue weighted by molar-refractivity contribution is 5.92. The first kappa shape index (κ1) is 19.2. The Hall–Kier alpha value is -2.61. The van der Waals surface area contributed by atoms with Crippen molar-refractivity contribution in [3.8, 4) is 0 Å². The van der Waals surface area contributed by atoms with Gasteiger partial charge in [0.15, 0.2) is 0 Å². The lowest BCUT2D eigenvalue weighted by Crippen LogP contribution is -2.48. The van der Waals surface area contributed by atoms with Crippen molar-refractivity contribution in [1.29, 1.82) is 0 Å². The highest BCUT2D eigenvalue weighted by Gasteiger charge is 2.30.